The predicted molar refractivity (Wildman–Crippen MR) is 103 cm³/mol. The number of ether oxygens (including phenoxy) is 1. The molecule has 122 valence electrons. The molecule has 0 radical (unpaired) electrons. The molecule has 0 bridgehead atoms. The lowest BCUT2D eigenvalue weighted by Gasteiger charge is -2.04. The van der Waals surface area contributed by atoms with E-state index in [0.29, 0.717) is 12.2 Å². The van der Waals surface area contributed by atoms with Gasteiger partial charge in [0.2, 0.25) is 0 Å². The van der Waals surface area contributed by atoms with Crippen LogP contribution in [0.4, 0.5) is 0 Å². The van der Waals surface area contributed by atoms with Crippen LogP contribution in [-0.2, 0) is 4.74 Å². The molecule has 0 saturated heterocycles. The van der Waals surface area contributed by atoms with Gasteiger partial charge in [-0.1, -0.05) is 42.5 Å². The molecule has 2 aromatic carbocycles. The van der Waals surface area contributed by atoms with Crippen LogP contribution in [-0.4, -0.2) is 18.3 Å². The summed E-state index contributed by atoms with van der Waals surface area (Å²) in [4.78, 5) is 11.8. The maximum absolute atomic E-state index is 11.8. The first-order valence-corrected chi connectivity index (χ1v) is 9.17. The molecule has 0 fully saturated rings. The third kappa shape index (κ3) is 4.18. The van der Waals surface area contributed by atoms with Gasteiger partial charge in [-0.2, -0.15) is 0 Å². The number of carbonyl (C=O) groups is 1. The Bertz CT molecular complexity index is 790. The van der Waals surface area contributed by atoms with E-state index in [-0.39, 0.29) is 5.97 Å². The number of carbonyl (C=O) groups excluding carboxylic acids is 1. The van der Waals surface area contributed by atoms with Gasteiger partial charge in [0.25, 0.3) is 0 Å². The number of benzene rings is 2. The second-order valence-electron chi connectivity index (χ2n) is 5.57. The van der Waals surface area contributed by atoms with Gasteiger partial charge in [-0.25, -0.2) is 4.79 Å². The predicted octanol–water partition coefficient (Wildman–Crippen LogP) is 5.51. The fourth-order valence-electron chi connectivity index (χ4n) is 2.62. The quantitative estimate of drug-likeness (QED) is 0.532. The molecular formula is C21H20O2S. The van der Waals surface area contributed by atoms with E-state index in [4.69, 9.17) is 4.74 Å². The maximum atomic E-state index is 11.8. The highest BCUT2D eigenvalue weighted by molar-refractivity contribution is 8.02. The largest absolute Gasteiger partial charge is 0.462 e. The van der Waals surface area contributed by atoms with Crippen LogP contribution in [0.1, 0.15) is 40.4 Å². The number of hydrogen-bond acceptors (Lipinski definition) is 3. The van der Waals surface area contributed by atoms with Gasteiger partial charge in [-0.3, -0.25) is 0 Å². The Morgan fingerprint density at radius 2 is 1.88 bits per heavy atom. The van der Waals surface area contributed by atoms with Crippen LogP contribution in [0.5, 0.6) is 0 Å². The van der Waals surface area contributed by atoms with Crippen molar-refractivity contribution < 1.29 is 9.53 Å². The van der Waals surface area contributed by atoms with Crippen molar-refractivity contribution in [2.45, 2.75) is 13.3 Å². The summed E-state index contributed by atoms with van der Waals surface area (Å²) in [6.07, 6.45) is 5.25. The van der Waals surface area contributed by atoms with Crippen LogP contribution in [0.3, 0.4) is 0 Å². The first-order chi connectivity index (χ1) is 11.8. The normalized spacial score (nSPS) is 14.0. The molecule has 2 aromatic rings. The highest BCUT2D eigenvalue weighted by atomic mass is 32.2. The minimum absolute atomic E-state index is 0.277. The zero-order chi connectivity index (χ0) is 16.8. The minimum atomic E-state index is -0.277. The molecular weight excluding hydrogens is 316 g/mol. The summed E-state index contributed by atoms with van der Waals surface area (Å²) in [5.41, 5.74) is 5.44. The number of esters is 1. The second-order valence-corrected chi connectivity index (χ2v) is 6.55. The van der Waals surface area contributed by atoms with Crippen LogP contribution in [0.25, 0.3) is 17.7 Å². The number of allylic oxidation sites excluding steroid dienone is 1. The monoisotopic (exact) mass is 336 g/mol. The van der Waals surface area contributed by atoms with Gasteiger partial charge in [-0.05, 0) is 59.2 Å². The zero-order valence-electron chi connectivity index (χ0n) is 13.7. The van der Waals surface area contributed by atoms with E-state index in [1.807, 2.05) is 43.0 Å². The molecule has 2 nitrogen and oxygen atoms in total. The number of thioether (sulfide) groups is 1. The number of hydrogen-bond donors (Lipinski definition) is 0. The van der Waals surface area contributed by atoms with Gasteiger partial charge in [-0.15, -0.1) is 11.8 Å². The Kier molecular flexibility index (Phi) is 5.55. The molecule has 0 amide bonds. The molecule has 0 aliphatic carbocycles. The summed E-state index contributed by atoms with van der Waals surface area (Å²) in [5, 5.41) is 2.26. The summed E-state index contributed by atoms with van der Waals surface area (Å²) >= 11 is 1.88. The average Bonchev–Trinajstić information content (AvgIpc) is 3.15. The van der Waals surface area contributed by atoms with Gasteiger partial charge in [0.1, 0.15) is 0 Å². The van der Waals surface area contributed by atoms with Gasteiger partial charge < -0.3 is 4.74 Å². The summed E-state index contributed by atoms with van der Waals surface area (Å²) in [6, 6.07) is 16.1. The third-order valence-electron chi connectivity index (χ3n) is 3.84. The molecule has 1 aliphatic heterocycles. The van der Waals surface area contributed by atoms with E-state index >= 15 is 0 Å². The Morgan fingerprint density at radius 3 is 2.58 bits per heavy atom. The van der Waals surface area contributed by atoms with E-state index in [9.17, 15) is 4.79 Å². The van der Waals surface area contributed by atoms with Crippen molar-refractivity contribution in [1.82, 2.24) is 0 Å². The van der Waals surface area contributed by atoms with E-state index in [1.54, 1.807) is 6.07 Å². The second kappa shape index (κ2) is 8.02. The molecule has 24 heavy (non-hydrogen) atoms. The van der Waals surface area contributed by atoms with Crippen LogP contribution in [0.15, 0.2) is 53.9 Å². The highest BCUT2D eigenvalue weighted by Crippen LogP contribution is 2.30. The van der Waals surface area contributed by atoms with Crippen molar-refractivity contribution in [3.05, 3.63) is 76.2 Å². The van der Waals surface area contributed by atoms with Gasteiger partial charge in [0.15, 0.2) is 0 Å². The molecule has 0 aromatic heterocycles. The Labute approximate surface area is 147 Å². The first kappa shape index (κ1) is 16.6. The first-order valence-electron chi connectivity index (χ1n) is 8.12. The van der Waals surface area contributed by atoms with Crippen molar-refractivity contribution in [2.24, 2.45) is 0 Å². The van der Waals surface area contributed by atoms with Gasteiger partial charge in [0.05, 0.1) is 12.2 Å². The summed E-state index contributed by atoms with van der Waals surface area (Å²) in [5.74, 6) is 0.899. The fourth-order valence-corrected chi connectivity index (χ4v) is 3.53. The van der Waals surface area contributed by atoms with E-state index in [0.717, 1.165) is 17.5 Å². The average molecular weight is 336 g/mol. The smallest absolute Gasteiger partial charge is 0.338 e. The fraction of sp³-hybridized carbons (Fsp3) is 0.190. The molecule has 0 unspecified atom stereocenters. The molecule has 3 rings (SSSR count). The molecule has 0 atom stereocenters. The zero-order valence-corrected chi connectivity index (χ0v) is 14.5. The summed E-state index contributed by atoms with van der Waals surface area (Å²) < 4.78 is 5.05. The van der Waals surface area contributed by atoms with E-state index in [2.05, 4.69) is 35.7 Å². The minimum Gasteiger partial charge on any atom is -0.462 e. The lowest BCUT2D eigenvalue weighted by molar-refractivity contribution is 0.0526. The molecule has 1 aliphatic rings. The molecule has 0 N–H and O–H groups in total. The summed E-state index contributed by atoms with van der Waals surface area (Å²) in [7, 11) is 0. The Morgan fingerprint density at radius 1 is 1.12 bits per heavy atom. The van der Waals surface area contributed by atoms with Crippen molar-refractivity contribution in [3.8, 4) is 0 Å². The van der Waals surface area contributed by atoms with Crippen LogP contribution in [0, 0.1) is 0 Å². The molecule has 0 spiro atoms. The van der Waals surface area contributed by atoms with Gasteiger partial charge >= 0.3 is 5.97 Å². The van der Waals surface area contributed by atoms with Crippen molar-refractivity contribution in [2.75, 3.05) is 12.4 Å². The van der Waals surface area contributed by atoms with Crippen LogP contribution >= 0.6 is 11.8 Å². The molecule has 0 saturated carbocycles. The van der Waals surface area contributed by atoms with Crippen LogP contribution < -0.4 is 0 Å². The highest BCUT2D eigenvalue weighted by Gasteiger charge is 2.08. The third-order valence-corrected chi connectivity index (χ3v) is 4.73. The van der Waals surface area contributed by atoms with Crippen LogP contribution in [0.2, 0.25) is 0 Å². The number of rotatable bonds is 5. The lowest BCUT2D eigenvalue weighted by atomic mass is 10.0. The lowest BCUT2D eigenvalue weighted by Crippen LogP contribution is -2.04. The van der Waals surface area contributed by atoms with Crippen molar-refractivity contribution in [1.29, 1.82) is 0 Å². The maximum Gasteiger partial charge on any atom is 0.338 e. The SMILES string of the molecule is CCOC(=O)c1cccc(C=Cc2cccc(C3=CSCC3)c2)c1. The van der Waals surface area contributed by atoms with E-state index in [1.165, 1.54) is 16.9 Å². The van der Waals surface area contributed by atoms with Crippen molar-refractivity contribution >= 4 is 35.5 Å². The molecule has 1 heterocycles. The van der Waals surface area contributed by atoms with E-state index < -0.39 is 0 Å². The molecule has 3 heteroatoms. The summed E-state index contributed by atoms with van der Waals surface area (Å²) in [6.45, 7) is 2.20. The standard InChI is InChI=1S/C21H20O2S/c1-2-23-21(22)19-8-4-6-17(14-19)10-9-16-5-3-7-18(13-16)20-11-12-24-15-20/h3-10,13-15H,2,11-12H2,1H3. The van der Waals surface area contributed by atoms with Crippen molar-refractivity contribution in [3.63, 3.8) is 0 Å². The Hall–Kier alpha value is -2.26. The topological polar surface area (TPSA) is 26.3 Å². The Balaban J connectivity index is 1.77. The van der Waals surface area contributed by atoms with Gasteiger partial charge in [0, 0.05) is 5.75 Å².